The lowest BCUT2D eigenvalue weighted by atomic mass is 9.95. The quantitative estimate of drug-likeness (QED) is 0.770. The summed E-state index contributed by atoms with van der Waals surface area (Å²) in [5.41, 5.74) is 0. The average Bonchev–Trinajstić information content (AvgIpc) is 2.98. The highest BCUT2D eigenvalue weighted by Crippen LogP contribution is 2.20. The van der Waals surface area contributed by atoms with E-state index in [2.05, 4.69) is 15.3 Å². The fourth-order valence-corrected chi connectivity index (χ4v) is 2.74. The summed E-state index contributed by atoms with van der Waals surface area (Å²) in [4.78, 5) is 32.0. The lowest BCUT2D eigenvalue weighted by Gasteiger charge is -2.33. The fraction of sp³-hybridized carbons (Fsp3) is 0.643. The van der Waals surface area contributed by atoms with Crippen LogP contribution in [0.5, 0.6) is 0 Å². The van der Waals surface area contributed by atoms with E-state index in [0.717, 1.165) is 25.1 Å². The first kappa shape index (κ1) is 15.3. The maximum atomic E-state index is 12.3. The highest BCUT2D eigenvalue weighted by molar-refractivity contribution is 5.75. The number of hydrogen-bond donors (Lipinski definition) is 3. The van der Waals surface area contributed by atoms with E-state index in [-0.39, 0.29) is 24.4 Å². The predicted molar refractivity (Wildman–Crippen MR) is 76.7 cm³/mol. The molecular formula is C14H22N4O3. The van der Waals surface area contributed by atoms with Crippen LogP contribution in [0.2, 0.25) is 0 Å². The van der Waals surface area contributed by atoms with E-state index < -0.39 is 5.97 Å². The zero-order valence-corrected chi connectivity index (χ0v) is 12.2. The Labute approximate surface area is 123 Å². The van der Waals surface area contributed by atoms with Gasteiger partial charge in [0.05, 0.1) is 6.04 Å². The fourth-order valence-electron chi connectivity index (χ4n) is 2.74. The number of urea groups is 1. The van der Waals surface area contributed by atoms with Crippen molar-refractivity contribution in [1.29, 1.82) is 0 Å². The summed E-state index contributed by atoms with van der Waals surface area (Å²) in [7, 11) is 0. The number of carbonyl (C=O) groups excluding carboxylic acids is 1. The van der Waals surface area contributed by atoms with Crippen LogP contribution in [0.4, 0.5) is 4.79 Å². The molecule has 2 unspecified atom stereocenters. The minimum atomic E-state index is -0.802. The molecule has 1 aromatic rings. The molecule has 2 amide bonds. The number of aliphatic carboxylic acids is 1. The van der Waals surface area contributed by atoms with Crippen LogP contribution in [0, 0.1) is 5.92 Å². The van der Waals surface area contributed by atoms with Crippen LogP contribution < -0.4 is 5.32 Å². The van der Waals surface area contributed by atoms with Gasteiger partial charge < -0.3 is 20.3 Å². The summed E-state index contributed by atoms with van der Waals surface area (Å²) in [6.45, 7) is 3.17. The smallest absolute Gasteiger partial charge is 0.317 e. The second-order valence-electron chi connectivity index (χ2n) is 5.44. The molecule has 1 fully saturated rings. The first-order valence-corrected chi connectivity index (χ1v) is 7.36. The first-order valence-electron chi connectivity index (χ1n) is 7.36. The molecule has 0 radical (unpaired) electrons. The minimum absolute atomic E-state index is 0.0469. The number of likely N-dealkylation sites (tertiary alicyclic amines) is 1. The number of H-pyrrole nitrogens is 1. The number of piperidine rings is 1. The summed E-state index contributed by atoms with van der Waals surface area (Å²) >= 11 is 0. The third-order valence-electron chi connectivity index (χ3n) is 3.82. The first-order chi connectivity index (χ1) is 10.1. The van der Waals surface area contributed by atoms with Crippen molar-refractivity contribution >= 4 is 12.0 Å². The molecule has 2 heterocycles. The highest BCUT2D eigenvalue weighted by Gasteiger charge is 2.26. The average molecular weight is 294 g/mol. The Hall–Kier alpha value is -2.05. The topological polar surface area (TPSA) is 98.3 Å². The van der Waals surface area contributed by atoms with Gasteiger partial charge in [0.25, 0.3) is 0 Å². The van der Waals surface area contributed by atoms with E-state index in [1.807, 2.05) is 6.92 Å². The Bertz CT molecular complexity index is 475. The van der Waals surface area contributed by atoms with E-state index in [9.17, 15) is 9.59 Å². The largest absolute Gasteiger partial charge is 0.481 e. The van der Waals surface area contributed by atoms with Crippen molar-refractivity contribution < 1.29 is 14.7 Å². The summed E-state index contributed by atoms with van der Waals surface area (Å²) < 4.78 is 0. The van der Waals surface area contributed by atoms with Gasteiger partial charge in [0, 0.05) is 31.9 Å². The second kappa shape index (κ2) is 7.10. The van der Waals surface area contributed by atoms with Gasteiger partial charge in [0.1, 0.15) is 5.82 Å². The monoisotopic (exact) mass is 294 g/mol. The van der Waals surface area contributed by atoms with Crippen LogP contribution in [-0.2, 0) is 4.79 Å². The number of amides is 2. The molecule has 0 bridgehead atoms. The van der Waals surface area contributed by atoms with E-state index in [1.165, 1.54) is 0 Å². The van der Waals surface area contributed by atoms with Crippen LogP contribution in [0.3, 0.4) is 0 Å². The highest BCUT2D eigenvalue weighted by atomic mass is 16.4. The number of rotatable bonds is 5. The Morgan fingerprint density at radius 1 is 1.62 bits per heavy atom. The van der Waals surface area contributed by atoms with Gasteiger partial charge in [-0.3, -0.25) is 4.79 Å². The molecule has 0 spiro atoms. The van der Waals surface area contributed by atoms with E-state index in [4.69, 9.17) is 5.11 Å². The van der Waals surface area contributed by atoms with Crippen LogP contribution in [0.1, 0.15) is 44.5 Å². The molecule has 0 saturated carbocycles. The van der Waals surface area contributed by atoms with Crippen molar-refractivity contribution in [1.82, 2.24) is 20.2 Å². The van der Waals surface area contributed by atoms with Crippen LogP contribution in [0.15, 0.2) is 12.4 Å². The standard InChI is InChI=1S/C14H22N4O3/c1-2-11(13-15-5-6-16-13)17-14(21)18-7-3-4-10(9-18)8-12(19)20/h5-6,10-11H,2-4,7-9H2,1H3,(H,15,16)(H,17,21)(H,19,20). The Kier molecular flexibility index (Phi) is 5.19. The normalized spacial score (nSPS) is 20.0. The number of aromatic amines is 1. The molecule has 116 valence electrons. The van der Waals surface area contributed by atoms with Gasteiger partial charge in [-0.1, -0.05) is 6.92 Å². The molecule has 3 N–H and O–H groups in total. The van der Waals surface area contributed by atoms with E-state index >= 15 is 0 Å². The number of hydrogen-bond acceptors (Lipinski definition) is 3. The third-order valence-corrected chi connectivity index (χ3v) is 3.82. The molecule has 2 rings (SSSR count). The summed E-state index contributed by atoms with van der Waals surface area (Å²) in [5.74, 6) is -0.0140. The molecular weight excluding hydrogens is 272 g/mol. The SMILES string of the molecule is CCC(NC(=O)N1CCCC(CC(=O)O)C1)c1ncc[nH]1. The van der Waals surface area contributed by atoms with E-state index in [1.54, 1.807) is 17.3 Å². The van der Waals surface area contributed by atoms with Crippen molar-refractivity contribution in [3.05, 3.63) is 18.2 Å². The summed E-state index contributed by atoms with van der Waals surface area (Å²) in [6, 6.07) is -0.291. The zero-order chi connectivity index (χ0) is 15.2. The van der Waals surface area contributed by atoms with Crippen molar-refractivity contribution in [2.24, 2.45) is 5.92 Å². The maximum absolute atomic E-state index is 12.3. The number of nitrogens with one attached hydrogen (secondary N) is 2. The van der Waals surface area contributed by atoms with Crippen LogP contribution in [-0.4, -0.2) is 45.1 Å². The Morgan fingerprint density at radius 2 is 2.43 bits per heavy atom. The van der Waals surface area contributed by atoms with Crippen molar-refractivity contribution in [3.8, 4) is 0 Å². The molecule has 0 aromatic carbocycles. The molecule has 1 aliphatic heterocycles. The lowest BCUT2D eigenvalue weighted by molar-refractivity contribution is -0.138. The number of imidazole rings is 1. The number of carbonyl (C=O) groups is 2. The number of carboxylic acids is 1. The molecule has 7 heteroatoms. The molecule has 1 saturated heterocycles. The number of aromatic nitrogens is 2. The molecule has 1 aromatic heterocycles. The van der Waals surface area contributed by atoms with Gasteiger partial charge in [-0.25, -0.2) is 9.78 Å². The van der Waals surface area contributed by atoms with Crippen LogP contribution in [0.25, 0.3) is 0 Å². The number of nitrogens with zero attached hydrogens (tertiary/aromatic N) is 2. The van der Waals surface area contributed by atoms with Gasteiger partial charge in [-0.2, -0.15) is 0 Å². The van der Waals surface area contributed by atoms with Gasteiger partial charge in [-0.05, 0) is 25.2 Å². The van der Waals surface area contributed by atoms with Crippen molar-refractivity contribution in [2.45, 2.75) is 38.6 Å². The second-order valence-corrected chi connectivity index (χ2v) is 5.44. The van der Waals surface area contributed by atoms with Crippen molar-refractivity contribution in [2.75, 3.05) is 13.1 Å². The summed E-state index contributed by atoms with van der Waals surface area (Å²) in [6.07, 6.45) is 5.97. The van der Waals surface area contributed by atoms with E-state index in [0.29, 0.717) is 13.1 Å². The zero-order valence-electron chi connectivity index (χ0n) is 12.2. The molecule has 2 atom stereocenters. The third kappa shape index (κ3) is 4.21. The Morgan fingerprint density at radius 3 is 3.05 bits per heavy atom. The Balaban J connectivity index is 1.91. The predicted octanol–water partition coefficient (Wildman–Crippen LogP) is 1.76. The van der Waals surface area contributed by atoms with Crippen molar-refractivity contribution in [3.63, 3.8) is 0 Å². The van der Waals surface area contributed by atoms with Gasteiger partial charge in [0.15, 0.2) is 0 Å². The molecule has 0 aliphatic carbocycles. The minimum Gasteiger partial charge on any atom is -0.481 e. The van der Waals surface area contributed by atoms with Crippen LogP contribution >= 0.6 is 0 Å². The summed E-state index contributed by atoms with van der Waals surface area (Å²) in [5, 5.41) is 11.8. The molecule has 21 heavy (non-hydrogen) atoms. The lowest BCUT2D eigenvalue weighted by Crippen LogP contribution is -2.46. The molecule has 1 aliphatic rings. The van der Waals surface area contributed by atoms with Gasteiger partial charge in [-0.15, -0.1) is 0 Å². The van der Waals surface area contributed by atoms with Gasteiger partial charge in [0.2, 0.25) is 0 Å². The molecule has 7 nitrogen and oxygen atoms in total. The van der Waals surface area contributed by atoms with Gasteiger partial charge >= 0.3 is 12.0 Å². The number of carboxylic acid groups (broad SMARTS) is 1. The maximum Gasteiger partial charge on any atom is 0.317 e.